The van der Waals surface area contributed by atoms with E-state index < -0.39 is 23.8 Å². The van der Waals surface area contributed by atoms with Crippen LogP contribution in [0.1, 0.15) is 81.2 Å². The Kier molecular flexibility index (Phi) is 9.95. The Bertz CT molecular complexity index is 1100. The fourth-order valence-electron chi connectivity index (χ4n) is 4.89. The van der Waals surface area contributed by atoms with Crippen molar-refractivity contribution in [3.63, 3.8) is 0 Å². The van der Waals surface area contributed by atoms with Gasteiger partial charge in [0.2, 0.25) is 11.8 Å². The van der Waals surface area contributed by atoms with Crippen LogP contribution in [0.3, 0.4) is 0 Å². The number of likely N-dealkylation sites (N-methyl/N-ethyl adjacent to an activating group) is 1. The summed E-state index contributed by atoms with van der Waals surface area (Å²) in [7, 11) is 1.64. The highest BCUT2D eigenvalue weighted by atomic mass is 16.6. The lowest BCUT2D eigenvalue weighted by atomic mass is 9.94. The number of hydrogen-bond acceptors (Lipinski definition) is 4. The highest BCUT2D eigenvalue weighted by Gasteiger charge is 2.35. The van der Waals surface area contributed by atoms with Crippen molar-refractivity contribution >= 4 is 17.9 Å². The van der Waals surface area contributed by atoms with Gasteiger partial charge in [-0.25, -0.2) is 4.79 Å². The molecule has 2 aromatic rings. The van der Waals surface area contributed by atoms with E-state index in [4.69, 9.17) is 4.74 Å². The summed E-state index contributed by atoms with van der Waals surface area (Å²) in [5.41, 5.74) is 3.09. The number of amides is 3. The number of nitrogens with zero attached hydrogens (tertiary/aromatic N) is 1. The number of ether oxygens (including phenoxy) is 1. The molecule has 1 aliphatic carbocycles. The van der Waals surface area contributed by atoms with Gasteiger partial charge in [-0.3, -0.25) is 9.59 Å². The summed E-state index contributed by atoms with van der Waals surface area (Å²) in [6.45, 7) is 9.35. The summed E-state index contributed by atoms with van der Waals surface area (Å²) in [5.74, 6) is -0.562. The van der Waals surface area contributed by atoms with Crippen molar-refractivity contribution in [1.82, 2.24) is 15.5 Å². The number of hydrogen-bond donors (Lipinski definition) is 2. The molecular weight excluding hydrogens is 478 g/mol. The van der Waals surface area contributed by atoms with Gasteiger partial charge in [-0.15, -0.1) is 0 Å². The summed E-state index contributed by atoms with van der Waals surface area (Å²) in [6, 6.07) is 13.7. The lowest BCUT2D eigenvalue weighted by Gasteiger charge is -2.33. The minimum Gasteiger partial charge on any atom is -0.444 e. The SMILES string of the molecule is Cc1ccc(C(C(=O)NC2CCCCC2)N(C)C(=O)C(Cc2ccccc2)NC(=O)OC(C)(C)C)cc1C. The standard InChI is InChI=1S/C31H43N3O4/c1-21-17-18-24(19-22(21)2)27(28(35)32-25-15-11-8-12-16-25)34(6)29(36)26(20-23-13-9-7-10-14-23)33-30(37)38-31(3,4)5/h7,9-10,13-14,17-19,25-27H,8,11-12,15-16,20H2,1-6H3,(H,32,35)(H,33,37). The van der Waals surface area contributed by atoms with Gasteiger partial charge in [0.25, 0.3) is 0 Å². The number of carbonyl (C=O) groups is 3. The first kappa shape index (κ1) is 29.2. The summed E-state index contributed by atoms with van der Waals surface area (Å²) in [5, 5.41) is 5.97. The third-order valence-corrected chi connectivity index (χ3v) is 7.05. The van der Waals surface area contributed by atoms with Crippen LogP contribution in [0.25, 0.3) is 0 Å². The summed E-state index contributed by atoms with van der Waals surface area (Å²) in [4.78, 5) is 41.9. The normalized spacial score (nSPS) is 15.7. The largest absolute Gasteiger partial charge is 0.444 e. The highest BCUT2D eigenvalue weighted by Crippen LogP contribution is 2.26. The lowest BCUT2D eigenvalue weighted by molar-refractivity contribution is -0.141. The van der Waals surface area contributed by atoms with Crippen molar-refractivity contribution in [2.24, 2.45) is 0 Å². The van der Waals surface area contributed by atoms with Crippen molar-refractivity contribution in [1.29, 1.82) is 0 Å². The van der Waals surface area contributed by atoms with Crippen LogP contribution in [0.5, 0.6) is 0 Å². The van der Waals surface area contributed by atoms with Crippen LogP contribution in [-0.2, 0) is 20.7 Å². The van der Waals surface area contributed by atoms with Crippen LogP contribution in [0, 0.1) is 13.8 Å². The minimum atomic E-state index is -0.909. The predicted octanol–water partition coefficient (Wildman–Crippen LogP) is 5.39. The van der Waals surface area contributed by atoms with Crippen molar-refractivity contribution < 1.29 is 19.1 Å². The van der Waals surface area contributed by atoms with Crippen LogP contribution in [0.4, 0.5) is 4.79 Å². The van der Waals surface area contributed by atoms with Gasteiger partial charge < -0.3 is 20.3 Å². The molecule has 2 atom stereocenters. The molecule has 0 aliphatic heterocycles. The van der Waals surface area contributed by atoms with Crippen LogP contribution < -0.4 is 10.6 Å². The van der Waals surface area contributed by atoms with E-state index in [1.54, 1.807) is 27.8 Å². The van der Waals surface area contributed by atoms with Gasteiger partial charge in [0, 0.05) is 19.5 Å². The molecule has 2 aromatic carbocycles. The first-order valence-electron chi connectivity index (χ1n) is 13.6. The molecule has 2 N–H and O–H groups in total. The van der Waals surface area contributed by atoms with Crippen LogP contribution >= 0.6 is 0 Å². The maximum Gasteiger partial charge on any atom is 0.408 e. The Morgan fingerprint density at radius 1 is 0.974 bits per heavy atom. The molecule has 3 rings (SSSR count). The second-order valence-corrected chi connectivity index (χ2v) is 11.4. The summed E-state index contributed by atoms with van der Waals surface area (Å²) < 4.78 is 5.46. The Morgan fingerprint density at radius 3 is 2.24 bits per heavy atom. The van der Waals surface area contributed by atoms with Crippen LogP contribution in [0.2, 0.25) is 0 Å². The number of aryl methyl sites for hydroxylation is 2. The molecule has 0 spiro atoms. The molecule has 2 unspecified atom stereocenters. The third-order valence-electron chi connectivity index (χ3n) is 7.05. The third kappa shape index (κ3) is 8.33. The quantitative estimate of drug-likeness (QED) is 0.488. The molecule has 206 valence electrons. The van der Waals surface area contributed by atoms with E-state index in [0.717, 1.165) is 47.9 Å². The molecular formula is C31H43N3O4. The van der Waals surface area contributed by atoms with Gasteiger partial charge in [0.1, 0.15) is 17.7 Å². The van der Waals surface area contributed by atoms with Crippen LogP contribution in [-0.4, -0.2) is 47.5 Å². The van der Waals surface area contributed by atoms with Gasteiger partial charge >= 0.3 is 6.09 Å². The topological polar surface area (TPSA) is 87.7 Å². The Hall–Kier alpha value is -3.35. The Balaban J connectivity index is 1.91. The zero-order valence-electron chi connectivity index (χ0n) is 23.7. The molecule has 0 heterocycles. The number of rotatable bonds is 8. The molecule has 1 saturated carbocycles. The average Bonchev–Trinajstić information content (AvgIpc) is 2.85. The molecule has 0 aromatic heterocycles. The van der Waals surface area contributed by atoms with Gasteiger partial charge in [-0.05, 0) is 69.7 Å². The van der Waals surface area contributed by atoms with E-state index in [9.17, 15) is 14.4 Å². The monoisotopic (exact) mass is 521 g/mol. The molecule has 1 fully saturated rings. The smallest absolute Gasteiger partial charge is 0.408 e. The Labute approximate surface area is 227 Å². The van der Waals surface area contributed by atoms with Gasteiger partial charge in [-0.2, -0.15) is 0 Å². The van der Waals surface area contributed by atoms with Gasteiger partial charge in [-0.1, -0.05) is 67.8 Å². The van der Waals surface area contributed by atoms with Crippen molar-refractivity contribution in [3.05, 3.63) is 70.8 Å². The minimum absolute atomic E-state index is 0.105. The molecule has 1 aliphatic rings. The molecule has 7 nitrogen and oxygen atoms in total. The second kappa shape index (κ2) is 12.9. The van der Waals surface area contributed by atoms with E-state index in [0.29, 0.717) is 0 Å². The fourth-order valence-corrected chi connectivity index (χ4v) is 4.89. The zero-order chi connectivity index (χ0) is 27.9. The first-order chi connectivity index (χ1) is 17.9. The Morgan fingerprint density at radius 2 is 1.63 bits per heavy atom. The van der Waals surface area contributed by atoms with E-state index in [1.165, 1.54) is 11.3 Å². The highest BCUT2D eigenvalue weighted by molar-refractivity contribution is 5.92. The molecule has 7 heteroatoms. The first-order valence-corrected chi connectivity index (χ1v) is 13.6. The molecule has 0 radical (unpaired) electrons. The second-order valence-electron chi connectivity index (χ2n) is 11.4. The van der Waals surface area contributed by atoms with Gasteiger partial charge in [0.05, 0.1) is 0 Å². The van der Waals surface area contributed by atoms with E-state index in [-0.39, 0.29) is 24.3 Å². The summed E-state index contributed by atoms with van der Waals surface area (Å²) >= 11 is 0. The zero-order valence-corrected chi connectivity index (χ0v) is 23.7. The van der Waals surface area contributed by atoms with Crippen LogP contribution in [0.15, 0.2) is 48.5 Å². The lowest BCUT2D eigenvalue weighted by Crippen LogP contribution is -2.53. The number of carbonyl (C=O) groups excluding carboxylic acids is 3. The maximum absolute atomic E-state index is 14.0. The molecule has 0 bridgehead atoms. The number of benzene rings is 2. The number of alkyl carbamates (subject to hydrolysis) is 1. The molecule has 38 heavy (non-hydrogen) atoms. The van der Waals surface area contributed by atoms with Crippen molar-refractivity contribution in [2.75, 3.05) is 7.05 Å². The summed E-state index contributed by atoms with van der Waals surface area (Å²) in [6.07, 6.45) is 4.85. The average molecular weight is 522 g/mol. The molecule has 3 amide bonds. The predicted molar refractivity (Wildman–Crippen MR) is 150 cm³/mol. The number of nitrogens with one attached hydrogen (secondary N) is 2. The van der Waals surface area contributed by atoms with E-state index in [2.05, 4.69) is 10.6 Å². The molecule has 0 saturated heterocycles. The van der Waals surface area contributed by atoms with Gasteiger partial charge in [0.15, 0.2) is 0 Å². The van der Waals surface area contributed by atoms with Crippen molar-refractivity contribution in [3.8, 4) is 0 Å². The van der Waals surface area contributed by atoms with E-state index >= 15 is 0 Å². The maximum atomic E-state index is 14.0. The van der Waals surface area contributed by atoms with Crippen molar-refractivity contribution in [2.45, 2.75) is 96.9 Å². The fraction of sp³-hybridized carbons (Fsp3) is 0.516. The van der Waals surface area contributed by atoms with E-state index in [1.807, 2.05) is 62.4 Å².